The van der Waals surface area contributed by atoms with Crippen molar-refractivity contribution in [3.8, 4) is 0 Å². The molecular formula is C14H16BrN3O2S. The Balaban J connectivity index is 2.31. The molecule has 0 atom stereocenters. The van der Waals surface area contributed by atoms with Crippen LogP contribution in [0.25, 0.3) is 0 Å². The molecule has 0 aliphatic rings. The average molecular weight is 370 g/mol. The lowest BCUT2D eigenvalue weighted by Gasteiger charge is -2.12. The summed E-state index contributed by atoms with van der Waals surface area (Å²) in [5, 5.41) is 3.03. The van der Waals surface area contributed by atoms with Crippen molar-refractivity contribution >= 4 is 37.5 Å². The van der Waals surface area contributed by atoms with Gasteiger partial charge in [0.2, 0.25) is 0 Å². The van der Waals surface area contributed by atoms with Crippen molar-refractivity contribution in [3.05, 3.63) is 47.1 Å². The van der Waals surface area contributed by atoms with Crippen LogP contribution in [0.2, 0.25) is 0 Å². The molecule has 2 N–H and O–H groups in total. The second-order valence-electron chi connectivity index (χ2n) is 4.39. The van der Waals surface area contributed by atoms with Crippen molar-refractivity contribution in [2.75, 3.05) is 16.6 Å². The molecule has 1 aromatic carbocycles. The van der Waals surface area contributed by atoms with Crippen LogP contribution in [-0.2, 0) is 10.0 Å². The van der Waals surface area contributed by atoms with Gasteiger partial charge in [-0.15, -0.1) is 0 Å². The van der Waals surface area contributed by atoms with Crippen LogP contribution in [0.1, 0.15) is 13.3 Å². The zero-order chi connectivity index (χ0) is 15.3. The molecule has 0 bridgehead atoms. The summed E-state index contributed by atoms with van der Waals surface area (Å²) in [6.07, 6.45) is 2.45. The molecule has 0 aliphatic heterocycles. The molecule has 1 heterocycles. The van der Waals surface area contributed by atoms with Crippen LogP contribution in [0, 0.1) is 0 Å². The van der Waals surface area contributed by atoms with Crippen molar-refractivity contribution in [1.82, 2.24) is 4.98 Å². The van der Waals surface area contributed by atoms with E-state index in [-0.39, 0.29) is 4.90 Å². The van der Waals surface area contributed by atoms with Crippen LogP contribution in [0.5, 0.6) is 0 Å². The number of rotatable bonds is 6. The monoisotopic (exact) mass is 369 g/mol. The number of aromatic nitrogens is 1. The summed E-state index contributed by atoms with van der Waals surface area (Å²) in [7, 11) is -3.69. The third-order valence-corrected chi connectivity index (χ3v) is 4.59. The van der Waals surface area contributed by atoms with E-state index in [1.807, 2.05) is 13.0 Å². The maximum atomic E-state index is 12.5. The van der Waals surface area contributed by atoms with E-state index in [9.17, 15) is 8.42 Å². The smallest absolute Gasteiger partial charge is 0.265 e. The predicted molar refractivity (Wildman–Crippen MR) is 88.0 cm³/mol. The minimum atomic E-state index is -3.69. The first-order valence-electron chi connectivity index (χ1n) is 6.50. The van der Waals surface area contributed by atoms with Crippen molar-refractivity contribution in [1.29, 1.82) is 0 Å². The van der Waals surface area contributed by atoms with Gasteiger partial charge < -0.3 is 5.32 Å². The van der Waals surface area contributed by atoms with Crippen molar-refractivity contribution < 1.29 is 8.42 Å². The molecule has 0 saturated heterocycles. The van der Waals surface area contributed by atoms with Gasteiger partial charge in [0.1, 0.15) is 10.7 Å². The first-order chi connectivity index (χ1) is 10.0. The molecule has 0 fully saturated rings. The fraction of sp³-hybridized carbons (Fsp3) is 0.214. The van der Waals surface area contributed by atoms with Gasteiger partial charge in [0.05, 0.1) is 0 Å². The van der Waals surface area contributed by atoms with Gasteiger partial charge in [0.15, 0.2) is 0 Å². The standard InChI is InChI=1S/C14H16BrN3O2S/c1-2-8-16-14-13(7-4-9-17-14)21(19,20)18-12-6-3-5-11(15)10-12/h3-7,9-10,18H,2,8H2,1H3,(H,16,17). The number of hydrogen-bond acceptors (Lipinski definition) is 4. The largest absolute Gasteiger partial charge is 0.369 e. The first-order valence-corrected chi connectivity index (χ1v) is 8.78. The van der Waals surface area contributed by atoms with E-state index in [2.05, 4.69) is 31.0 Å². The van der Waals surface area contributed by atoms with Gasteiger partial charge in [-0.3, -0.25) is 4.72 Å². The summed E-state index contributed by atoms with van der Waals surface area (Å²) < 4.78 is 28.3. The van der Waals surface area contributed by atoms with Gasteiger partial charge in [-0.25, -0.2) is 13.4 Å². The molecule has 21 heavy (non-hydrogen) atoms. The molecule has 0 amide bonds. The number of pyridine rings is 1. The molecular weight excluding hydrogens is 354 g/mol. The third-order valence-electron chi connectivity index (χ3n) is 2.68. The number of benzene rings is 1. The van der Waals surface area contributed by atoms with E-state index < -0.39 is 10.0 Å². The normalized spacial score (nSPS) is 11.1. The van der Waals surface area contributed by atoms with Crippen molar-refractivity contribution in [2.45, 2.75) is 18.2 Å². The number of halogens is 1. The predicted octanol–water partition coefficient (Wildman–Crippen LogP) is 3.47. The maximum absolute atomic E-state index is 12.5. The van der Waals surface area contributed by atoms with Gasteiger partial charge in [0, 0.05) is 22.9 Å². The van der Waals surface area contributed by atoms with Gasteiger partial charge in [-0.1, -0.05) is 28.9 Å². The zero-order valence-electron chi connectivity index (χ0n) is 11.5. The second kappa shape index (κ2) is 6.91. The van der Waals surface area contributed by atoms with Crippen LogP contribution in [-0.4, -0.2) is 19.9 Å². The quantitative estimate of drug-likeness (QED) is 0.817. The lowest BCUT2D eigenvalue weighted by molar-refractivity contribution is 0.601. The summed E-state index contributed by atoms with van der Waals surface area (Å²) in [6.45, 7) is 2.67. The Kier molecular flexibility index (Phi) is 5.19. The Morgan fingerprint density at radius 3 is 2.76 bits per heavy atom. The lowest BCUT2D eigenvalue weighted by Crippen LogP contribution is -2.16. The Bertz CT molecular complexity index is 720. The molecule has 1 aromatic heterocycles. The Hall–Kier alpha value is -1.60. The van der Waals surface area contributed by atoms with E-state index in [1.165, 1.54) is 6.07 Å². The molecule has 112 valence electrons. The van der Waals surface area contributed by atoms with Crippen molar-refractivity contribution in [3.63, 3.8) is 0 Å². The third kappa shape index (κ3) is 4.18. The van der Waals surface area contributed by atoms with Crippen LogP contribution in [0.3, 0.4) is 0 Å². The van der Waals surface area contributed by atoms with E-state index >= 15 is 0 Å². The number of anilines is 2. The van der Waals surface area contributed by atoms with E-state index in [0.29, 0.717) is 18.1 Å². The highest BCUT2D eigenvalue weighted by molar-refractivity contribution is 9.10. The molecule has 0 unspecified atom stereocenters. The van der Waals surface area contributed by atoms with E-state index in [1.54, 1.807) is 30.5 Å². The highest BCUT2D eigenvalue weighted by Gasteiger charge is 2.19. The Morgan fingerprint density at radius 1 is 1.24 bits per heavy atom. The lowest BCUT2D eigenvalue weighted by atomic mass is 10.3. The summed E-state index contributed by atoms with van der Waals surface area (Å²) in [5.41, 5.74) is 0.495. The van der Waals surface area contributed by atoms with Gasteiger partial charge in [0.25, 0.3) is 10.0 Å². The maximum Gasteiger partial charge on any atom is 0.265 e. The van der Waals surface area contributed by atoms with E-state index in [0.717, 1.165) is 10.9 Å². The minimum absolute atomic E-state index is 0.137. The molecule has 0 spiro atoms. The summed E-state index contributed by atoms with van der Waals surface area (Å²) in [4.78, 5) is 4.24. The molecule has 2 aromatic rings. The Labute approximate surface area is 133 Å². The summed E-state index contributed by atoms with van der Waals surface area (Å²) in [5.74, 6) is 0.363. The Morgan fingerprint density at radius 2 is 2.05 bits per heavy atom. The number of nitrogens with one attached hydrogen (secondary N) is 2. The minimum Gasteiger partial charge on any atom is -0.369 e. The van der Waals surface area contributed by atoms with Gasteiger partial charge in [-0.2, -0.15) is 0 Å². The molecule has 0 aliphatic carbocycles. The fourth-order valence-electron chi connectivity index (χ4n) is 1.75. The topological polar surface area (TPSA) is 71.1 Å². The molecule has 0 saturated carbocycles. The highest BCUT2D eigenvalue weighted by Crippen LogP contribution is 2.23. The molecule has 7 heteroatoms. The summed E-state index contributed by atoms with van der Waals surface area (Å²) >= 11 is 3.32. The zero-order valence-corrected chi connectivity index (χ0v) is 13.9. The fourth-order valence-corrected chi connectivity index (χ4v) is 3.33. The van der Waals surface area contributed by atoms with Gasteiger partial charge in [-0.05, 0) is 36.8 Å². The number of hydrogen-bond donors (Lipinski definition) is 2. The van der Waals surface area contributed by atoms with Crippen LogP contribution < -0.4 is 10.0 Å². The highest BCUT2D eigenvalue weighted by atomic mass is 79.9. The SMILES string of the molecule is CCCNc1ncccc1S(=O)(=O)Nc1cccc(Br)c1. The van der Waals surface area contributed by atoms with Crippen molar-refractivity contribution in [2.24, 2.45) is 0 Å². The average Bonchev–Trinajstić information content (AvgIpc) is 2.45. The number of sulfonamides is 1. The molecule has 5 nitrogen and oxygen atoms in total. The first kappa shape index (κ1) is 15.8. The van der Waals surface area contributed by atoms with Crippen LogP contribution >= 0.6 is 15.9 Å². The summed E-state index contributed by atoms with van der Waals surface area (Å²) in [6, 6.07) is 10.1. The number of nitrogens with zero attached hydrogens (tertiary/aromatic N) is 1. The van der Waals surface area contributed by atoms with E-state index in [4.69, 9.17) is 0 Å². The molecule has 2 rings (SSSR count). The molecule has 0 radical (unpaired) electrons. The van der Waals surface area contributed by atoms with Gasteiger partial charge >= 0.3 is 0 Å². The second-order valence-corrected chi connectivity index (χ2v) is 6.96. The van der Waals surface area contributed by atoms with Crippen LogP contribution in [0.4, 0.5) is 11.5 Å². The van der Waals surface area contributed by atoms with Crippen LogP contribution in [0.15, 0.2) is 52.0 Å².